The van der Waals surface area contributed by atoms with Gasteiger partial charge in [0.25, 0.3) is 0 Å². The molecule has 98 valence electrons. The van der Waals surface area contributed by atoms with Gasteiger partial charge in [0.15, 0.2) is 0 Å². The Balaban J connectivity index is 2.17. The van der Waals surface area contributed by atoms with Gasteiger partial charge in [-0.2, -0.15) is 5.10 Å². The van der Waals surface area contributed by atoms with Crippen molar-refractivity contribution in [2.45, 2.75) is 39.9 Å². The molecule has 0 spiro atoms. The lowest BCUT2D eigenvalue weighted by molar-refractivity contribution is 0.534. The van der Waals surface area contributed by atoms with E-state index in [9.17, 15) is 0 Å². The van der Waals surface area contributed by atoms with E-state index in [1.807, 2.05) is 4.68 Å². The Labute approximate surface area is 108 Å². The van der Waals surface area contributed by atoms with Gasteiger partial charge in [0.1, 0.15) is 12.2 Å². The molecule has 1 atom stereocenters. The fourth-order valence-electron chi connectivity index (χ4n) is 2.20. The van der Waals surface area contributed by atoms with Crippen LogP contribution in [0.1, 0.15) is 38.3 Å². The molecule has 2 aromatic heterocycles. The predicted octanol–water partition coefficient (Wildman–Crippen LogP) is 1.82. The van der Waals surface area contributed by atoms with Gasteiger partial charge in [-0.25, -0.2) is 9.67 Å². The predicted molar refractivity (Wildman–Crippen MR) is 71.3 cm³/mol. The van der Waals surface area contributed by atoms with E-state index in [1.54, 1.807) is 6.33 Å². The number of hydrogen-bond donors (Lipinski definition) is 1. The molecule has 0 aliphatic carbocycles. The summed E-state index contributed by atoms with van der Waals surface area (Å²) in [5.41, 5.74) is 1.28. The smallest absolute Gasteiger partial charge is 0.146 e. The normalized spacial score (nSPS) is 12.8. The fourth-order valence-corrected chi connectivity index (χ4v) is 2.20. The van der Waals surface area contributed by atoms with Crippen LogP contribution in [-0.2, 0) is 13.1 Å². The molecule has 0 bridgehead atoms. The first-order valence-electron chi connectivity index (χ1n) is 6.51. The topological polar surface area (TPSA) is 47.7 Å². The first-order valence-corrected chi connectivity index (χ1v) is 6.51. The SMILES string of the molecule is CCNC(C)c1cccn1Cc1ncnn1CC. The largest absolute Gasteiger partial charge is 0.342 e. The zero-order valence-electron chi connectivity index (χ0n) is 11.3. The van der Waals surface area contributed by atoms with Crippen LogP contribution in [-0.4, -0.2) is 25.9 Å². The minimum absolute atomic E-state index is 0.350. The monoisotopic (exact) mass is 247 g/mol. The standard InChI is InChI=1S/C13H21N5/c1-4-14-11(3)12-7-6-8-17(12)9-13-15-10-16-18(13)5-2/h6-8,10-11,14H,4-5,9H2,1-3H3. The highest BCUT2D eigenvalue weighted by molar-refractivity contribution is 5.12. The van der Waals surface area contributed by atoms with Crippen molar-refractivity contribution in [3.05, 3.63) is 36.2 Å². The number of aromatic nitrogens is 4. The molecule has 2 aromatic rings. The molecule has 2 rings (SSSR count). The van der Waals surface area contributed by atoms with Crippen LogP contribution < -0.4 is 5.32 Å². The van der Waals surface area contributed by atoms with E-state index in [4.69, 9.17) is 0 Å². The second-order valence-electron chi connectivity index (χ2n) is 4.33. The second-order valence-corrected chi connectivity index (χ2v) is 4.33. The van der Waals surface area contributed by atoms with Crippen LogP contribution in [0.2, 0.25) is 0 Å². The first-order chi connectivity index (χ1) is 8.76. The number of rotatable bonds is 6. The number of aryl methyl sites for hydroxylation is 1. The molecule has 0 saturated heterocycles. The summed E-state index contributed by atoms with van der Waals surface area (Å²) < 4.78 is 4.16. The van der Waals surface area contributed by atoms with Gasteiger partial charge in [-0.1, -0.05) is 6.92 Å². The minimum atomic E-state index is 0.350. The van der Waals surface area contributed by atoms with E-state index < -0.39 is 0 Å². The zero-order valence-corrected chi connectivity index (χ0v) is 11.3. The Hall–Kier alpha value is -1.62. The third-order valence-electron chi connectivity index (χ3n) is 3.13. The second kappa shape index (κ2) is 5.82. The first kappa shape index (κ1) is 12.8. The molecule has 0 aromatic carbocycles. The van der Waals surface area contributed by atoms with Crippen molar-refractivity contribution in [2.75, 3.05) is 6.54 Å². The average molecular weight is 247 g/mol. The van der Waals surface area contributed by atoms with Crippen molar-refractivity contribution in [3.8, 4) is 0 Å². The molecule has 0 aliphatic heterocycles. The van der Waals surface area contributed by atoms with Crippen LogP contribution >= 0.6 is 0 Å². The van der Waals surface area contributed by atoms with Gasteiger partial charge in [0.05, 0.1) is 6.54 Å². The number of nitrogens with one attached hydrogen (secondary N) is 1. The third kappa shape index (κ3) is 2.61. The van der Waals surface area contributed by atoms with Crippen LogP contribution in [0.4, 0.5) is 0 Å². The molecule has 18 heavy (non-hydrogen) atoms. The molecular weight excluding hydrogens is 226 g/mol. The van der Waals surface area contributed by atoms with E-state index in [0.717, 1.165) is 25.5 Å². The lowest BCUT2D eigenvalue weighted by atomic mass is 10.2. The molecule has 0 saturated carbocycles. The van der Waals surface area contributed by atoms with Crippen LogP contribution in [0.5, 0.6) is 0 Å². The molecule has 0 fully saturated rings. The van der Waals surface area contributed by atoms with Gasteiger partial charge in [-0.05, 0) is 32.5 Å². The number of nitrogens with zero attached hydrogens (tertiary/aromatic N) is 4. The summed E-state index contributed by atoms with van der Waals surface area (Å²) in [5.74, 6) is 0.999. The summed E-state index contributed by atoms with van der Waals surface area (Å²) in [4.78, 5) is 4.32. The van der Waals surface area contributed by atoms with Crippen molar-refractivity contribution in [1.82, 2.24) is 24.6 Å². The van der Waals surface area contributed by atoms with Gasteiger partial charge < -0.3 is 9.88 Å². The molecule has 1 unspecified atom stereocenters. The molecule has 0 aliphatic rings. The lowest BCUT2D eigenvalue weighted by Gasteiger charge is -2.16. The maximum Gasteiger partial charge on any atom is 0.146 e. The quantitative estimate of drug-likeness (QED) is 0.847. The van der Waals surface area contributed by atoms with Gasteiger partial charge in [-0.15, -0.1) is 0 Å². The van der Waals surface area contributed by atoms with Crippen LogP contribution in [0.25, 0.3) is 0 Å². The molecule has 5 heteroatoms. The minimum Gasteiger partial charge on any atom is -0.342 e. The molecule has 0 radical (unpaired) electrons. The van der Waals surface area contributed by atoms with Crippen LogP contribution in [0, 0.1) is 0 Å². The number of hydrogen-bond acceptors (Lipinski definition) is 3. The van der Waals surface area contributed by atoms with Gasteiger partial charge in [0.2, 0.25) is 0 Å². The summed E-state index contributed by atoms with van der Waals surface area (Å²) in [5, 5.41) is 7.64. The molecular formula is C13H21N5. The Morgan fingerprint density at radius 2 is 2.22 bits per heavy atom. The highest BCUT2D eigenvalue weighted by atomic mass is 15.3. The molecule has 0 amide bonds. The summed E-state index contributed by atoms with van der Waals surface area (Å²) in [6, 6.07) is 4.58. The summed E-state index contributed by atoms with van der Waals surface area (Å²) >= 11 is 0. The summed E-state index contributed by atoms with van der Waals surface area (Å²) in [6.45, 7) is 8.98. The molecule has 1 N–H and O–H groups in total. The van der Waals surface area contributed by atoms with E-state index in [-0.39, 0.29) is 0 Å². The van der Waals surface area contributed by atoms with Crippen molar-refractivity contribution in [1.29, 1.82) is 0 Å². The Morgan fingerprint density at radius 1 is 1.39 bits per heavy atom. The highest BCUT2D eigenvalue weighted by Crippen LogP contribution is 2.14. The van der Waals surface area contributed by atoms with Crippen LogP contribution in [0.3, 0.4) is 0 Å². The maximum atomic E-state index is 4.32. The third-order valence-corrected chi connectivity index (χ3v) is 3.13. The lowest BCUT2D eigenvalue weighted by Crippen LogP contribution is -2.21. The Kier molecular flexibility index (Phi) is 4.15. The van der Waals surface area contributed by atoms with Crippen LogP contribution in [0.15, 0.2) is 24.7 Å². The summed E-state index contributed by atoms with van der Waals surface area (Å²) in [7, 11) is 0. The maximum absolute atomic E-state index is 4.32. The van der Waals surface area contributed by atoms with Gasteiger partial charge in [-0.3, -0.25) is 0 Å². The summed E-state index contributed by atoms with van der Waals surface area (Å²) in [6.07, 6.45) is 3.72. The Morgan fingerprint density at radius 3 is 2.94 bits per heavy atom. The fraction of sp³-hybridized carbons (Fsp3) is 0.538. The van der Waals surface area contributed by atoms with Crippen molar-refractivity contribution < 1.29 is 0 Å². The van der Waals surface area contributed by atoms with E-state index in [2.05, 4.69) is 59.1 Å². The van der Waals surface area contributed by atoms with E-state index in [0.29, 0.717) is 6.04 Å². The van der Waals surface area contributed by atoms with Crippen molar-refractivity contribution in [2.24, 2.45) is 0 Å². The molecule has 2 heterocycles. The van der Waals surface area contributed by atoms with E-state index >= 15 is 0 Å². The van der Waals surface area contributed by atoms with Gasteiger partial charge in [0, 0.05) is 24.5 Å². The highest BCUT2D eigenvalue weighted by Gasteiger charge is 2.11. The van der Waals surface area contributed by atoms with Crippen molar-refractivity contribution >= 4 is 0 Å². The Bertz CT molecular complexity index is 485. The van der Waals surface area contributed by atoms with Gasteiger partial charge >= 0.3 is 0 Å². The average Bonchev–Trinajstić information content (AvgIpc) is 2.98. The van der Waals surface area contributed by atoms with E-state index in [1.165, 1.54) is 5.69 Å². The zero-order chi connectivity index (χ0) is 13.0. The van der Waals surface area contributed by atoms with Crippen molar-refractivity contribution in [3.63, 3.8) is 0 Å². The molecule has 5 nitrogen and oxygen atoms in total.